The van der Waals surface area contributed by atoms with Crippen LogP contribution in [0.15, 0.2) is 60.1 Å². The van der Waals surface area contributed by atoms with Crippen molar-refractivity contribution in [3.8, 4) is 10.4 Å². The second-order valence-electron chi connectivity index (χ2n) is 4.38. The van der Waals surface area contributed by atoms with E-state index in [4.69, 9.17) is 11.6 Å². The third kappa shape index (κ3) is 3.20. The Morgan fingerprint density at radius 1 is 1.18 bits per heavy atom. The average Bonchev–Trinajstić information content (AvgIpc) is 2.98. The van der Waals surface area contributed by atoms with Gasteiger partial charge in [0.2, 0.25) is 0 Å². The van der Waals surface area contributed by atoms with Crippen LogP contribution in [-0.4, -0.2) is 13.7 Å². The van der Waals surface area contributed by atoms with E-state index in [1.165, 1.54) is 11.3 Å². The first-order valence-electron chi connectivity index (χ1n) is 6.30. The van der Waals surface area contributed by atoms with Crippen molar-refractivity contribution in [1.29, 1.82) is 0 Å². The van der Waals surface area contributed by atoms with E-state index in [-0.39, 0.29) is 0 Å². The maximum atomic E-state index is 11.6. The van der Waals surface area contributed by atoms with Gasteiger partial charge in [0.15, 0.2) is 0 Å². The van der Waals surface area contributed by atoms with E-state index in [0.717, 1.165) is 14.7 Å². The maximum absolute atomic E-state index is 11.6. The van der Waals surface area contributed by atoms with Gasteiger partial charge in [0.05, 0.1) is 17.0 Å². The highest BCUT2D eigenvalue weighted by atomic mass is 35.5. The molecule has 0 bridgehead atoms. The number of aromatic nitrogens is 1. The molecule has 0 fully saturated rings. The van der Waals surface area contributed by atoms with E-state index in [0.29, 0.717) is 16.5 Å². The maximum Gasteiger partial charge on any atom is 0.144 e. The minimum absolute atomic E-state index is 0.358. The van der Waals surface area contributed by atoms with Crippen LogP contribution in [0.5, 0.6) is 0 Å². The highest BCUT2D eigenvalue weighted by Gasteiger charge is 2.14. The first-order valence-corrected chi connectivity index (χ1v) is 8.59. The Labute approximate surface area is 139 Å². The van der Waals surface area contributed by atoms with Gasteiger partial charge in [-0.2, -0.15) is 0 Å². The number of hydrogen-bond acceptors (Lipinski definition) is 4. The molecule has 1 atom stereocenters. The van der Waals surface area contributed by atoms with Gasteiger partial charge in [-0.1, -0.05) is 29.8 Å². The largest absolute Gasteiger partial charge is 0.755 e. The molecule has 0 saturated carbocycles. The molecule has 7 heteroatoms. The summed E-state index contributed by atoms with van der Waals surface area (Å²) < 4.78 is 24.3. The van der Waals surface area contributed by atoms with Gasteiger partial charge >= 0.3 is 0 Å². The molecule has 3 rings (SSSR count). The van der Waals surface area contributed by atoms with Crippen molar-refractivity contribution in [2.45, 2.75) is 0 Å². The van der Waals surface area contributed by atoms with Crippen molar-refractivity contribution < 1.29 is 8.76 Å². The van der Waals surface area contributed by atoms with Gasteiger partial charge in [0.1, 0.15) is 5.82 Å². The summed E-state index contributed by atoms with van der Waals surface area (Å²) in [5.41, 5.74) is 1.54. The molecular formula is C15H10ClN2O2S2-. The summed E-state index contributed by atoms with van der Waals surface area (Å²) in [6, 6.07) is 14.4. The zero-order chi connectivity index (χ0) is 15.5. The normalized spacial score (nSPS) is 12.1. The molecule has 0 amide bonds. The summed E-state index contributed by atoms with van der Waals surface area (Å²) in [5, 5.41) is 2.45. The molecule has 0 spiro atoms. The zero-order valence-electron chi connectivity index (χ0n) is 11.2. The van der Waals surface area contributed by atoms with E-state index >= 15 is 0 Å². The fourth-order valence-corrected chi connectivity index (χ4v) is 3.58. The lowest BCUT2D eigenvalue weighted by atomic mass is 10.2. The lowest BCUT2D eigenvalue weighted by Crippen LogP contribution is -2.19. The number of thiophene rings is 1. The summed E-state index contributed by atoms with van der Waals surface area (Å²) in [6.07, 6.45) is 1.56. The van der Waals surface area contributed by atoms with E-state index in [1.807, 2.05) is 18.2 Å². The summed E-state index contributed by atoms with van der Waals surface area (Å²) in [4.78, 5) is 5.05. The van der Waals surface area contributed by atoms with Gasteiger partial charge in [0, 0.05) is 21.5 Å². The molecule has 0 aliphatic rings. The average molecular weight is 350 g/mol. The molecule has 0 N–H and O–H groups in total. The Morgan fingerprint density at radius 3 is 2.59 bits per heavy atom. The van der Waals surface area contributed by atoms with E-state index < -0.39 is 11.3 Å². The van der Waals surface area contributed by atoms with Crippen molar-refractivity contribution in [3.05, 3.63) is 65.1 Å². The van der Waals surface area contributed by atoms with Crippen LogP contribution in [0, 0.1) is 0 Å². The van der Waals surface area contributed by atoms with Crippen LogP contribution in [0.4, 0.5) is 11.5 Å². The van der Waals surface area contributed by atoms with Gasteiger partial charge < -0.3 is 4.55 Å². The summed E-state index contributed by atoms with van der Waals surface area (Å²) in [7, 11) is 0. The number of hydrogen-bond donors (Lipinski definition) is 0. The molecular weight excluding hydrogens is 340 g/mol. The summed E-state index contributed by atoms with van der Waals surface area (Å²) >= 11 is 4.90. The second-order valence-corrected chi connectivity index (χ2v) is 6.52. The van der Waals surface area contributed by atoms with Gasteiger partial charge in [-0.05, 0) is 35.9 Å². The highest BCUT2D eigenvalue weighted by Crippen LogP contribution is 2.35. The van der Waals surface area contributed by atoms with Gasteiger partial charge in [0.25, 0.3) is 0 Å². The number of nitrogens with zero attached hydrogens (tertiary/aromatic N) is 2. The monoisotopic (exact) mass is 349 g/mol. The Morgan fingerprint density at radius 2 is 1.95 bits per heavy atom. The standard InChI is InChI=1S/C15H11ClN2O2S2/c16-12-6-4-11(5-7-12)14-9-13(10-21-14)18(22(19)20)15-3-1-2-8-17-15/h1-10H,(H,19,20)/p-1. The summed E-state index contributed by atoms with van der Waals surface area (Å²) in [5.74, 6) is 0.358. The van der Waals surface area contributed by atoms with Crippen molar-refractivity contribution in [2.75, 3.05) is 4.31 Å². The van der Waals surface area contributed by atoms with Crippen LogP contribution in [0.2, 0.25) is 5.02 Å². The Balaban J connectivity index is 1.97. The van der Waals surface area contributed by atoms with Crippen molar-refractivity contribution in [1.82, 2.24) is 4.98 Å². The fraction of sp³-hybridized carbons (Fsp3) is 0. The number of pyridine rings is 1. The van der Waals surface area contributed by atoms with Crippen LogP contribution in [-0.2, 0) is 11.3 Å². The molecule has 4 nitrogen and oxygen atoms in total. The van der Waals surface area contributed by atoms with Crippen molar-refractivity contribution >= 4 is 45.7 Å². The molecule has 3 aromatic rings. The quantitative estimate of drug-likeness (QED) is 0.656. The van der Waals surface area contributed by atoms with Gasteiger partial charge in [-0.15, -0.1) is 11.3 Å². The van der Waals surface area contributed by atoms with Crippen molar-refractivity contribution in [3.63, 3.8) is 0 Å². The molecule has 1 unspecified atom stereocenters. The van der Waals surface area contributed by atoms with E-state index in [1.54, 1.807) is 41.9 Å². The second kappa shape index (κ2) is 6.58. The van der Waals surface area contributed by atoms with Gasteiger partial charge in [-0.25, -0.2) is 4.98 Å². The smallest absolute Gasteiger partial charge is 0.144 e. The lowest BCUT2D eigenvalue weighted by molar-refractivity contribution is 0.537. The van der Waals surface area contributed by atoms with Gasteiger partial charge in [-0.3, -0.25) is 8.51 Å². The number of halogens is 1. The number of anilines is 2. The van der Waals surface area contributed by atoms with Crippen LogP contribution in [0.1, 0.15) is 0 Å². The molecule has 22 heavy (non-hydrogen) atoms. The first kappa shape index (κ1) is 15.2. The summed E-state index contributed by atoms with van der Waals surface area (Å²) in [6.45, 7) is 0. The Kier molecular flexibility index (Phi) is 4.54. The third-order valence-corrected chi connectivity index (χ3v) is 4.87. The topological polar surface area (TPSA) is 56.3 Å². The minimum Gasteiger partial charge on any atom is -0.755 e. The predicted octanol–water partition coefficient (Wildman–Crippen LogP) is 4.40. The van der Waals surface area contributed by atoms with Crippen LogP contribution in [0.3, 0.4) is 0 Å². The number of benzene rings is 1. The molecule has 2 heterocycles. The third-order valence-electron chi connectivity index (χ3n) is 2.96. The predicted molar refractivity (Wildman–Crippen MR) is 90.1 cm³/mol. The molecule has 112 valence electrons. The van der Waals surface area contributed by atoms with E-state index in [9.17, 15) is 8.76 Å². The van der Waals surface area contributed by atoms with E-state index in [2.05, 4.69) is 4.98 Å². The van der Waals surface area contributed by atoms with Crippen LogP contribution in [0.25, 0.3) is 10.4 Å². The highest BCUT2D eigenvalue weighted by molar-refractivity contribution is 7.81. The molecule has 0 aliphatic carbocycles. The molecule has 0 radical (unpaired) electrons. The Bertz CT molecular complexity index is 791. The molecule has 2 aromatic heterocycles. The zero-order valence-corrected chi connectivity index (χ0v) is 13.6. The Hall–Kier alpha value is -1.73. The van der Waals surface area contributed by atoms with Crippen LogP contribution < -0.4 is 4.31 Å². The molecule has 0 saturated heterocycles. The lowest BCUT2D eigenvalue weighted by Gasteiger charge is -2.23. The number of rotatable bonds is 4. The molecule has 0 aliphatic heterocycles. The fourth-order valence-electron chi connectivity index (χ4n) is 1.97. The van der Waals surface area contributed by atoms with Crippen LogP contribution >= 0.6 is 22.9 Å². The van der Waals surface area contributed by atoms with Crippen molar-refractivity contribution in [2.24, 2.45) is 0 Å². The first-order chi connectivity index (χ1) is 10.6. The minimum atomic E-state index is -2.45. The SMILES string of the molecule is O=S([O-])N(c1csc(-c2ccc(Cl)cc2)c1)c1ccccn1. The molecule has 1 aromatic carbocycles.